The minimum Gasteiger partial charge on any atom is -0.456 e. The van der Waals surface area contributed by atoms with Gasteiger partial charge in [-0.25, -0.2) is 0 Å². The van der Waals surface area contributed by atoms with E-state index in [0.717, 1.165) is 77.7 Å². The van der Waals surface area contributed by atoms with Gasteiger partial charge in [0.25, 0.3) is 0 Å². The molecule has 0 spiro atoms. The van der Waals surface area contributed by atoms with Gasteiger partial charge in [0, 0.05) is 43.7 Å². The smallest absolute Gasteiger partial charge is 0.194 e. The topological polar surface area (TPSA) is 41.5 Å². The van der Waals surface area contributed by atoms with Crippen molar-refractivity contribution >= 4 is 65.6 Å². The number of ether oxygens (including phenoxy) is 2. The second kappa shape index (κ2) is 9.05. The number of nitrogens with zero attached hydrogens (tertiary/aromatic N) is 2. The van der Waals surface area contributed by atoms with Crippen LogP contribution < -0.4 is 9.47 Å². The van der Waals surface area contributed by atoms with E-state index in [2.05, 4.69) is 112 Å². The maximum Gasteiger partial charge on any atom is 0.194 e. The van der Waals surface area contributed by atoms with Crippen LogP contribution in [0.4, 0.5) is 0 Å². The van der Waals surface area contributed by atoms with Crippen molar-refractivity contribution in [3.63, 3.8) is 0 Å². The number of rotatable bonds is 2. The van der Waals surface area contributed by atoms with E-state index < -0.39 is 0 Å². The lowest BCUT2D eigenvalue weighted by atomic mass is 10.1. The van der Waals surface area contributed by atoms with Crippen molar-refractivity contribution in [2.45, 2.75) is 0 Å². The van der Waals surface area contributed by atoms with E-state index >= 15 is 0 Å². The number of hydrogen-bond donors (Lipinski definition) is 0. The molecule has 0 amide bonds. The van der Waals surface area contributed by atoms with Gasteiger partial charge < -0.3 is 23.0 Å². The number of para-hydroxylation sites is 5. The van der Waals surface area contributed by atoms with Gasteiger partial charge in [0.05, 0.1) is 16.6 Å². The van der Waals surface area contributed by atoms with Gasteiger partial charge in [0.1, 0.15) is 16.7 Å². The molecule has 7 aromatic carbocycles. The normalized spacial score (nSPS) is 12.6. The number of fused-ring (bicyclic) bond motifs is 12. The zero-order valence-corrected chi connectivity index (χ0v) is 25.0. The van der Waals surface area contributed by atoms with Crippen LogP contribution >= 0.6 is 0 Å². The Kier molecular flexibility index (Phi) is 4.78. The van der Waals surface area contributed by atoms with Gasteiger partial charge >= 0.3 is 0 Å². The standard InChI is InChI=1S/C42H24N2O3/c1-5-13-34-27(9-1)30-19-22-40-42(47-39-16-8-7-15-38(39)46-40)41(30)44(34)26-17-20-35-31(23-26)28-10-2-4-12-33(28)43(35)25-18-21-37-32(24-25)29-11-3-6-14-36(29)45-37/h1-24H. The molecule has 1 aliphatic rings. The van der Waals surface area contributed by atoms with Crippen molar-refractivity contribution in [1.82, 2.24) is 9.13 Å². The molecule has 47 heavy (non-hydrogen) atoms. The maximum absolute atomic E-state index is 6.60. The van der Waals surface area contributed by atoms with E-state index in [0.29, 0.717) is 11.5 Å². The molecule has 0 aliphatic carbocycles. The van der Waals surface area contributed by atoms with Crippen LogP contribution in [0.25, 0.3) is 76.9 Å². The van der Waals surface area contributed by atoms with Crippen molar-refractivity contribution in [3.05, 3.63) is 146 Å². The van der Waals surface area contributed by atoms with Crippen LogP contribution in [0.15, 0.2) is 150 Å². The summed E-state index contributed by atoms with van der Waals surface area (Å²) >= 11 is 0. The highest BCUT2D eigenvalue weighted by Crippen LogP contribution is 2.51. The first-order chi connectivity index (χ1) is 23.3. The molecule has 0 radical (unpaired) electrons. The molecule has 220 valence electrons. The van der Waals surface area contributed by atoms with E-state index in [4.69, 9.17) is 13.9 Å². The Labute approximate surface area is 268 Å². The average Bonchev–Trinajstić information content (AvgIpc) is 3.78. The summed E-state index contributed by atoms with van der Waals surface area (Å²) in [6, 6.07) is 50.6. The zero-order chi connectivity index (χ0) is 30.6. The van der Waals surface area contributed by atoms with Gasteiger partial charge in [-0.3, -0.25) is 0 Å². The quantitative estimate of drug-likeness (QED) is 0.197. The van der Waals surface area contributed by atoms with E-state index in [1.54, 1.807) is 0 Å². The first kappa shape index (κ1) is 24.8. The third-order valence-corrected chi connectivity index (χ3v) is 9.57. The fourth-order valence-electron chi connectivity index (χ4n) is 7.53. The van der Waals surface area contributed by atoms with Crippen LogP contribution in [0.5, 0.6) is 23.0 Å². The first-order valence-electron chi connectivity index (χ1n) is 15.8. The molecule has 10 aromatic rings. The molecular weight excluding hydrogens is 580 g/mol. The fourth-order valence-corrected chi connectivity index (χ4v) is 7.53. The van der Waals surface area contributed by atoms with Crippen molar-refractivity contribution in [2.24, 2.45) is 0 Å². The maximum atomic E-state index is 6.60. The number of hydrogen-bond acceptors (Lipinski definition) is 3. The van der Waals surface area contributed by atoms with Crippen molar-refractivity contribution in [2.75, 3.05) is 0 Å². The minimum atomic E-state index is 0.708. The fraction of sp³-hybridized carbons (Fsp3) is 0. The summed E-state index contributed by atoms with van der Waals surface area (Å²) in [7, 11) is 0. The molecule has 11 rings (SSSR count). The lowest BCUT2D eigenvalue weighted by Gasteiger charge is -2.22. The summed E-state index contributed by atoms with van der Waals surface area (Å²) in [6.07, 6.45) is 0. The van der Waals surface area contributed by atoms with Crippen LogP contribution in [-0.4, -0.2) is 9.13 Å². The number of aromatic nitrogens is 2. The number of benzene rings is 7. The zero-order valence-electron chi connectivity index (χ0n) is 25.0. The molecule has 4 heterocycles. The van der Waals surface area contributed by atoms with Gasteiger partial charge in [-0.05, 0) is 78.9 Å². The second-order valence-electron chi connectivity index (χ2n) is 12.1. The summed E-state index contributed by atoms with van der Waals surface area (Å²) in [5, 5.41) is 6.88. The van der Waals surface area contributed by atoms with Crippen molar-refractivity contribution < 1.29 is 13.9 Å². The van der Waals surface area contributed by atoms with Crippen LogP contribution in [0.3, 0.4) is 0 Å². The highest BCUT2D eigenvalue weighted by atomic mass is 16.6. The molecule has 0 saturated heterocycles. The van der Waals surface area contributed by atoms with Gasteiger partial charge in [-0.15, -0.1) is 0 Å². The molecule has 5 heteroatoms. The van der Waals surface area contributed by atoms with Crippen molar-refractivity contribution in [3.8, 4) is 34.4 Å². The van der Waals surface area contributed by atoms with Crippen LogP contribution in [0.2, 0.25) is 0 Å². The third kappa shape index (κ3) is 3.37. The summed E-state index contributed by atoms with van der Waals surface area (Å²) in [6.45, 7) is 0. The summed E-state index contributed by atoms with van der Waals surface area (Å²) in [5.74, 6) is 2.86. The lowest BCUT2D eigenvalue weighted by Crippen LogP contribution is -2.02. The largest absolute Gasteiger partial charge is 0.456 e. The van der Waals surface area contributed by atoms with E-state index in [1.165, 1.54) is 10.8 Å². The molecule has 0 fully saturated rings. The SMILES string of the molecule is c1ccc2c(c1)Oc1ccc3c4ccccc4n(-c4ccc5c(c4)c4ccccc4n5-c4ccc5oc6ccccc6c5c4)c3c1O2. The predicted molar refractivity (Wildman–Crippen MR) is 189 cm³/mol. The Balaban J connectivity index is 1.18. The van der Waals surface area contributed by atoms with Gasteiger partial charge in [-0.2, -0.15) is 0 Å². The Bertz CT molecular complexity index is 2920. The van der Waals surface area contributed by atoms with Gasteiger partial charge in [0.15, 0.2) is 23.0 Å². The number of furan rings is 1. The Morgan fingerprint density at radius 2 is 0.957 bits per heavy atom. The summed E-state index contributed by atoms with van der Waals surface area (Å²) in [5.41, 5.74) is 8.33. The van der Waals surface area contributed by atoms with Gasteiger partial charge in [-0.1, -0.05) is 66.7 Å². The molecule has 3 aromatic heterocycles. The van der Waals surface area contributed by atoms with Gasteiger partial charge in [0.2, 0.25) is 0 Å². The van der Waals surface area contributed by atoms with Crippen LogP contribution in [-0.2, 0) is 0 Å². The first-order valence-corrected chi connectivity index (χ1v) is 15.8. The minimum absolute atomic E-state index is 0.708. The van der Waals surface area contributed by atoms with Crippen molar-refractivity contribution in [1.29, 1.82) is 0 Å². The van der Waals surface area contributed by atoms with Crippen LogP contribution in [0, 0.1) is 0 Å². The molecule has 0 saturated carbocycles. The molecule has 0 atom stereocenters. The molecule has 0 unspecified atom stereocenters. The molecule has 1 aliphatic heterocycles. The predicted octanol–water partition coefficient (Wildman–Crippen LogP) is 11.7. The second-order valence-corrected chi connectivity index (χ2v) is 12.1. The molecular formula is C42H24N2O3. The summed E-state index contributed by atoms with van der Waals surface area (Å²) < 4.78 is 23.8. The molecule has 5 nitrogen and oxygen atoms in total. The van der Waals surface area contributed by atoms with E-state index in [9.17, 15) is 0 Å². The van der Waals surface area contributed by atoms with E-state index in [-0.39, 0.29) is 0 Å². The van der Waals surface area contributed by atoms with Crippen LogP contribution in [0.1, 0.15) is 0 Å². The Morgan fingerprint density at radius 3 is 1.81 bits per heavy atom. The summed E-state index contributed by atoms with van der Waals surface area (Å²) in [4.78, 5) is 0. The Hall–Kier alpha value is -6.46. The average molecular weight is 605 g/mol. The van der Waals surface area contributed by atoms with E-state index in [1.807, 2.05) is 42.5 Å². The lowest BCUT2D eigenvalue weighted by molar-refractivity contribution is 0.362. The molecule has 0 N–H and O–H groups in total. The Morgan fingerprint density at radius 1 is 0.362 bits per heavy atom. The highest BCUT2D eigenvalue weighted by Gasteiger charge is 2.26. The molecule has 0 bridgehead atoms. The monoisotopic (exact) mass is 604 g/mol. The third-order valence-electron chi connectivity index (χ3n) is 9.57. The highest BCUT2D eigenvalue weighted by molar-refractivity contribution is 6.14.